The van der Waals surface area contributed by atoms with Crippen LogP contribution in [0.4, 0.5) is 5.69 Å². The van der Waals surface area contributed by atoms with E-state index in [0.717, 1.165) is 11.4 Å². The number of carbonyl (C=O) groups is 1. The van der Waals surface area contributed by atoms with Gasteiger partial charge in [0.2, 0.25) is 5.91 Å². The summed E-state index contributed by atoms with van der Waals surface area (Å²) in [6.07, 6.45) is 0. The maximum atomic E-state index is 13.0. The van der Waals surface area contributed by atoms with Crippen molar-refractivity contribution < 1.29 is 9.53 Å². The summed E-state index contributed by atoms with van der Waals surface area (Å²) in [6.45, 7) is 1.88. The molecule has 0 aliphatic rings. The molecule has 0 radical (unpaired) electrons. The van der Waals surface area contributed by atoms with Crippen molar-refractivity contribution >= 4 is 23.4 Å². The SMILES string of the molecule is COc1cccc(NC(=O)[C@H](Sc2nnc(C)n2C)c2ccccc2)c1. The molecule has 0 saturated carbocycles. The molecule has 0 aliphatic heterocycles. The van der Waals surface area contributed by atoms with E-state index < -0.39 is 5.25 Å². The molecule has 3 rings (SSSR count). The fourth-order valence-corrected chi connectivity index (χ4v) is 3.45. The Morgan fingerprint density at radius 2 is 1.92 bits per heavy atom. The number of rotatable bonds is 6. The van der Waals surface area contributed by atoms with Crippen LogP contribution in [0.25, 0.3) is 0 Å². The molecule has 0 aliphatic carbocycles. The monoisotopic (exact) mass is 368 g/mol. The fraction of sp³-hybridized carbons (Fsp3) is 0.211. The lowest BCUT2D eigenvalue weighted by atomic mass is 10.1. The third-order valence-electron chi connectivity index (χ3n) is 3.95. The summed E-state index contributed by atoms with van der Waals surface area (Å²) in [5.74, 6) is 1.36. The number of amides is 1. The smallest absolute Gasteiger partial charge is 0.242 e. The van der Waals surface area contributed by atoms with Crippen LogP contribution in [0.3, 0.4) is 0 Å². The second-order valence-corrected chi connectivity index (χ2v) is 6.79. The first kappa shape index (κ1) is 18.0. The van der Waals surface area contributed by atoms with Gasteiger partial charge >= 0.3 is 0 Å². The van der Waals surface area contributed by atoms with Gasteiger partial charge in [0.1, 0.15) is 16.8 Å². The molecule has 1 atom stereocenters. The molecule has 2 aromatic carbocycles. The predicted octanol–water partition coefficient (Wildman–Crippen LogP) is 3.60. The minimum absolute atomic E-state index is 0.130. The second kappa shape index (κ2) is 8.05. The molecular weight excluding hydrogens is 348 g/mol. The maximum Gasteiger partial charge on any atom is 0.242 e. The number of anilines is 1. The highest BCUT2D eigenvalue weighted by molar-refractivity contribution is 8.00. The number of thioether (sulfide) groups is 1. The van der Waals surface area contributed by atoms with Crippen LogP contribution in [0.2, 0.25) is 0 Å². The van der Waals surface area contributed by atoms with Gasteiger partial charge in [-0.3, -0.25) is 4.79 Å². The summed E-state index contributed by atoms with van der Waals surface area (Å²) in [5, 5.41) is 11.4. The van der Waals surface area contributed by atoms with E-state index in [4.69, 9.17) is 4.74 Å². The van der Waals surface area contributed by atoms with Crippen molar-refractivity contribution in [1.82, 2.24) is 14.8 Å². The Morgan fingerprint density at radius 1 is 1.15 bits per heavy atom. The standard InChI is InChI=1S/C19H20N4O2S/c1-13-21-22-19(23(13)2)26-17(14-8-5-4-6-9-14)18(24)20-15-10-7-11-16(12-15)25-3/h4-12,17H,1-3H3,(H,20,24)/t17-/m1/s1. The number of nitrogens with one attached hydrogen (secondary N) is 1. The molecular formula is C19H20N4O2S. The molecule has 26 heavy (non-hydrogen) atoms. The predicted molar refractivity (Wildman–Crippen MR) is 102 cm³/mol. The number of methoxy groups -OCH3 is 1. The third kappa shape index (κ3) is 4.05. The number of aromatic nitrogens is 3. The Bertz CT molecular complexity index is 896. The average Bonchev–Trinajstić information content (AvgIpc) is 2.98. The lowest BCUT2D eigenvalue weighted by molar-refractivity contribution is -0.115. The summed E-state index contributed by atoms with van der Waals surface area (Å²) in [6, 6.07) is 16.9. The first-order valence-corrected chi connectivity index (χ1v) is 8.99. The molecule has 0 spiro atoms. The van der Waals surface area contributed by atoms with Gasteiger partial charge in [-0.25, -0.2) is 0 Å². The fourth-order valence-electron chi connectivity index (χ4n) is 2.41. The Hall–Kier alpha value is -2.80. The second-order valence-electron chi connectivity index (χ2n) is 5.72. The van der Waals surface area contributed by atoms with Crippen molar-refractivity contribution in [3.8, 4) is 5.75 Å². The molecule has 0 bridgehead atoms. The van der Waals surface area contributed by atoms with Gasteiger partial charge < -0.3 is 14.6 Å². The third-order valence-corrected chi connectivity index (χ3v) is 5.24. The van der Waals surface area contributed by atoms with Crippen LogP contribution in [0.1, 0.15) is 16.6 Å². The number of aryl methyl sites for hydroxylation is 1. The van der Waals surface area contributed by atoms with Crippen LogP contribution < -0.4 is 10.1 Å². The molecule has 0 unspecified atom stereocenters. The molecule has 1 N–H and O–H groups in total. The van der Waals surface area contributed by atoms with Gasteiger partial charge in [-0.2, -0.15) is 0 Å². The summed E-state index contributed by atoms with van der Waals surface area (Å²) >= 11 is 1.37. The minimum Gasteiger partial charge on any atom is -0.497 e. The van der Waals surface area contributed by atoms with Crippen molar-refractivity contribution in [3.05, 3.63) is 66.0 Å². The zero-order valence-corrected chi connectivity index (χ0v) is 15.7. The van der Waals surface area contributed by atoms with Gasteiger partial charge in [-0.05, 0) is 24.6 Å². The molecule has 1 amide bonds. The molecule has 6 nitrogen and oxygen atoms in total. The van der Waals surface area contributed by atoms with E-state index in [2.05, 4.69) is 15.5 Å². The van der Waals surface area contributed by atoms with E-state index in [1.165, 1.54) is 11.8 Å². The van der Waals surface area contributed by atoms with E-state index in [9.17, 15) is 4.79 Å². The van der Waals surface area contributed by atoms with Gasteiger partial charge in [0.25, 0.3) is 0 Å². The topological polar surface area (TPSA) is 69.0 Å². The highest BCUT2D eigenvalue weighted by Gasteiger charge is 2.24. The van der Waals surface area contributed by atoms with Crippen molar-refractivity contribution in [1.29, 1.82) is 0 Å². The molecule has 3 aromatic rings. The Kier molecular flexibility index (Phi) is 5.58. The molecule has 1 aromatic heterocycles. The largest absolute Gasteiger partial charge is 0.497 e. The minimum atomic E-state index is -0.454. The van der Waals surface area contributed by atoms with E-state index in [1.807, 2.05) is 67.1 Å². The lowest BCUT2D eigenvalue weighted by Crippen LogP contribution is -2.19. The zero-order chi connectivity index (χ0) is 18.5. The van der Waals surface area contributed by atoms with Crippen molar-refractivity contribution in [2.24, 2.45) is 7.05 Å². The van der Waals surface area contributed by atoms with Crippen LogP contribution in [0, 0.1) is 6.92 Å². The van der Waals surface area contributed by atoms with Gasteiger partial charge in [-0.1, -0.05) is 48.2 Å². The van der Waals surface area contributed by atoms with Gasteiger partial charge in [0.05, 0.1) is 7.11 Å². The summed E-state index contributed by atoms with van der Waals surface area (Å²) in [4.78, 5) is 13.0. The van der Waals surface area contributed by atoms with E-state index in [-0.39, 0.29) is 5.91 Å². The van der Waals surface area contributed by atoms with E-state index in [1.54, 1.807) is 13.2 Å². The normalized spacial score (nSPS) is 11.8. The zero-order valence-electron chi connectivity index (χ0n) is 14.8. The van der Waals surface area contributed by atoms with E-state index >= 15 is 0 Å². The number of ether oxygens (including phenoxy) is 1. The number of carbonyl (C=O) groups excluding carboxylic acids is 1. The Labute approximate surface area is 156 Å². The van der Waals surface area contributed by atoms with Crippen LogP contribution in [0.15, 0.2) is 59.8 Å². The van der Waals surface area contributed by atoms with Crippen LogP contribution in [-0.4, -0.2) is 27.8 Å². The summed E-state index contributed by atoms with van der Waals surface area (Å²) < 4.78 is 7.09. The van der Waals surface area contributed by atoms with Crippen LogP contribution in [0.5, 0.6) is 5.75 Å². The van der Waals surface area contributed by atoms with Gasteiger partial charge in [-0.15, -0.1) is 10.2 Å². The van der Waals surface area contributed by atoms with Crippen LogP contribution >= 0.6 is 11.8 Å². The highest BCUT2D eigenvalue weighted by Crippen LogP contribution is 2.35. The number of benzene rings is 2. The quantitative estimate of drug-likeness (QED) is 0.673. The molecule has 0 fully saturated rings. The Morgan fingerprint density at radius 3 is 2.58 bits per heavy atom. The summed E-state index contributed by atoms with van der Waals surface area (Å²) in [5.41, 5.74) is 1.59. The van der Waals surface area contributed by atoms with Gasteiger partial charge in [0.15, 0.2) is 5.16 Å². The van der Waals surface area contributed by atoms with Crippen LogP contribution in [-0.2, 0) is 11.8 Å². The van der Waals surface area contributed by atoms with Gasteiger partial charge in [0, 0.05) is 18.8 Å². The van der Waals surface area contributed by atoms with Crippen molar-refractivity contribution in [2.45, 2.75) is 17.3 Å². The number of hydrogen-bond acceptors (Lipinski definition) is 5. The number of nitrogens with zero attached hydrogens (tertiary/aromatic N) is 3. The molecule has 7 heteroatoms. The lowest BCUT2D eigenvalue weighted by Gasteiger charge is -2.17. The van der Waals surface area contributed by atoms with E-state index in [0.29, 0.717) is 16.6 Å². The van der Waals surface area contributed by atoms with Crippen molar-refractivity contribution in [2.75, 3.05) is 12.4 Å². The molecule has 0 saturated heterocycles. The average molecular weight is 368 g/mol. The highest BCUT2D eigenvalue weighted by atomic mass is 32.2. The first-order chi connectivity index (χ1) is 12.6. The Balaban J connectivity index is 1.87. The molecule has 134 valence electrons. The summed E-state index contributed by atoms with van der Waals surface area (Å²) in [7, 11) is 3.49. The number of hydrogen-bond donors (Lipinski definition) is 1. The van der Waals surface area contributed by atoms with Crippen molar-refractivity contribution in [3.63, 3.8) is 0 Å². The first-order valence-electron chi connectivity index (χ1n) is 8.11. The molecule has 1 heterocycles. The maximum absolute atomic E-state index is 13.0.